The van der Waals surface area contributed by atoms with Crippen LogP contribution in [-0.2, 0) is 0 Å². The molecule has 18 heavy (non-hydrogen) atoms. The molecule has 0 aliphatic heterocycles. The van der Waals surface area contributed by atoms with Gasteiger partial charge in [-0.15, -0.1) is 0 Å². The number of methoxy groups -OCH3 is 1. The highest BCUT2D eigenvalue weighted by Gasteiger charge is 2.15. The fourth-order valence-corrected chi connectivity index (χ4v) is 2.23. The van der Waals surface area contributed by atoms with Crippen LogP contribution in [0, 0.1) is 0 Å². The van der Waals surface area contributed by atoms with Gasteiger partial charge in [0.2, 0.25) is 0 Å². The van der Waals surface area contributed by atoms with Gasteiger partial charge in [0.15, 0.2) is 0 Å². The summed E-state index contributed by atoms with van der Waals surface area (Å²) >= 11 is 1.24. The molecule has 0 spiro atoms. The number of nitrogens with one attached hydrogen (secondary N) is 1. The van der Waals surface area contributed by atoms with Gasteiger partial charge in [0.05, 0.1) is 36.8 Å². The van der Waals surface area contributed by atoms with Gasteiger partial charge in [-0.2, -0.15) is 8.75 Å². The SMILES string of the molecule is CCCNC(c1ccc(OC)cc1)c1cnsn1. The number of ether oxygens (including phenoxy) is 1. The van der Waals surface area contributed by atoms with Crippen molar-refractivity contribution in [2.45, 2.75) is 19.4 Å². The third-order valence-electron chi connectivity index (χ3n) is 2.72. The van der Waals surface area contributed by atoms with E-state index in [0.29, 0.717) is 0 Å². The Bertz CT molecular complexity index is 456. The molecule has 1 aromatic carbocycles. The van der Waals surface area contributed by atoms with Gasteiger partial charge in [0, 0.05) is 0 Å². The molecule has 0 amide bonds. The van der Waals surface area contributed by atoms with E-state index in [4.69, 9.17) is 4.74 Å². The van der Waals surface area contributed by atoms with Gasteiger partial charge in [0.25, 0.3) is 0 Å². The summed E-state index contributed by atoms with van der Waals surface area (Å²) in [5, 5.41) is 3.49. The molecule has 96 valence electrons. The molecule has 1 aromatic heterocycles. The highest BCUT2D eigenvalue weighted by atomic mass is 32.1. The maximum Gasteiger partial charge on any atom is 0.118 e. The molecule has 0 bridgehead atoms. The lowest BCUT2D eigenvalue weighted by Crippen LogP contribution is -2.23. The lowest BCUT2D eigenvalue weighted by atomic mass is 10.0. The lowest BCUT2D eigenvalue weighted by Gasteiger charge is -2.16. The normalized spacial score (nSPS) is 12.3. The smallest absolute Gasteiger partial charge is 0.118 e. The van der Waals surface area contributed by atoms with Crippen molar-refractivity contribution in [2.24, 2.45) is 0 Å². The van der Waals surface area contributed by atoms with Crippen LogP contribution in [0.5, 0.6) is 5.75 Å². The molecular weight excluding hydrogens is 246 g/mol. The molecule has 1 heterocycles. The zero-order valence-electron chi connectivity index (χ0n) is 10.6. The predicted octanol–water partition coefficient (Wildman–Crippen LogP) is 2.64. The molecule has 4 nitrogen and oxygen atoms in total. The molecule has 1 unspecified atom stereocenters. The average molecular weight is 263 g/mol. The van der Waals surface area contributed by atoms with E-state index < -0.39 is 0 Å². The first kappa shape index (κ1) is 13.0. The van der Waals surface area contributed by atoms with Crippen LogP contribution in [0.1, 0.15) is 30.6 Å². The summed E-state index contributed by atoms with van der Waals surface area (Å²) < 4.78 is 13.6. The van der Waals surface area contributed by atoms with E-state index in [2.05, 4.69) is 33.1 Å². The van der Waals surface area contributed by atoms with E-state index in [9.17, 15) is 0 Å². The molecule has 0 saturated carbocycles. The molecule has 1 N–H and O–H groups in total. The Morgan fingerprint density at radius 1 is 1.33 bits per heavy atom. The predicted molar refractivity (Wildman–Crippen MR) is 73.0 cm³/mol. The summed E-state index contributed by atoms with van der Waals surface area (Å²) in [5.74, 6) is 0.865. The van der Waals surface area contributed by atoms with Crippen LogP contribution in [-0.4, -0.2) is 22.4 Å². The Morgan fingerprint density at radius 3 is 2.67 bits per heavy atom. The number of nitrogens with zero attached hydrogens (tertiary/aromatic N) is 2. The lowest BCUT2D eigenvalue weighted by molar-refractivity contribution is 0.414. The average Bonchev–Trinajstić information content (AvgIpc) is 2.94. The fraction of sp³-hybridized carbons (Fsp3) is 0.385. The number of benzene rings is 1. The zero-order valence-corrected chi connectivity index (χ0v) is 11.4. The van der Waals surface area contributed by atoms with Crippen molar-refractivity contribution in [2.75, 3.05) is 13.7 Å². The molecule has 0 aliphatic carbocycles. The molecule has 0 radical (unpaired) electrons. The molecule has 1 atom stereocenters. The van der Waals surface area contributed by atoms with Crippen LogP contribution in [0.15, 0.2) is 30.5 Å². The number of hydrogen-bond donors (Lipinski definition) is 1. The van der Waals surface area contributed by atoms with Crippen LogP contribution in [0.4, 0.5) is 0 Å². The standard InChI is InChI=1S/C13H17N3OS/c1-3-8-14-13(12-9-15-18-16-12)10-4-6-11(17-2)7-5-10/h4-7,9,13-14H,3,8H2,1-2H3. The van der Waals surface area contributed by atoms with Crippen molar-refractivity contribution in [3.05, 3.63) is 41.7 Å². The van der Waals surface area contributed by atoms with Gasteiger partial charge >= 0.3 is 0 Å². The van der Waals surface area contributed by atoms with Gasteiger partial charge in [-0.25, -0.2) is 0 Å². The first-order valence-corrected chi connectivity index (χ1v) is 6.73. The molecule has 0 aliphatic rings. The van der Waals surface area contributed by atoms with Crippen molar-refractivity contribution in [3.63, 3.8) is 0 Å². The van der Waals surface area contributed by atoms with E-state index in [1.54, 1.807) is 7.11 Å². The highest BCUT2D eigenvalue weighted by molar-refractivity contribution is 6.99. The maximum atomic E-state index is 5.17. The van der Waals surface area contributed by atoms with Crippen molar-refractivity contribution < 1.29 is 4.74 Å². The first-order valence-electron chi connectivity index (χ1n) is 6.00. The van der Waals surface area contributed by atoms with E-state index in [0.717, 1.165) is 24.4 Å². The van der Waals surface area contributed by atoms with Crippen molar-refractivity contribution in [1.29, 1.82) is 0 Å². The van der Waals surface area contributed by atoms with Crippen LogP contribution in [0.25, 0.3) is 0 Å². The maximum absolute atomic E-state index is 5.17. The van der Waals surface area contributed by atoms with Crippen LogP contribution in [0.2, 0.25) is 0 Å². The van der Waals surface area contributed by atoms with Crippen molar-refractivity contribution >= 4 is 11.7 Å². The summed E-state index contributed by atoms with van der Waals surface area (Å²) in [4.78, 5) is 0. The van der Waals surface area contributed by atoms with Crippen LogP contribution in [0.3, 0.4) is 0 Å². The Kier molecular flexibility index (Phi) is 4.66. The minimum atomic E-state index is 0.106. The summed E-state index contributed by atoms with van der Waals surface area (Å²) in [6.07, 6.45) is 2.91. The third-order valence-corrected chi connectivity index (χ3v) is 3.21. The van der Waals surface area contributed by atoms with Crippen LogP contribution >= 0.6 is 11.7 Å². The summed E-state index contributed by atoms with van der Waals surface area (Å²) in [5.41, 5.74) is 2.15. The quantitative estimate of drug-likeness (QED) is 0.870. The van der Waals surface area contributed by atoms with Crippen LogP contribution < -0.4 is 10.1 Å². The van der Waals surface area contributed by atoms with E-state index in [-0.39, 0.29) is 6.04 Å². The minimum Gasteiger partial charge on any atom is -0.497 e. The van der Waals surface area contributed by atoms with E-state index in [1.807, 2.05) is 18.3 Å². The Balaban J connectivity index is 2.21. The van der Waals surface area contributed by atoms with Gasteiger partial charge in [0.1, 0.15) is 5.75 Å². The fourth-order valence-electron chi connectivity index (χ4n) is 1.78. The zero-order chi connectivity index (χ0) is 12.8. The molecule has 5 heteroatoms. The second-order valence-corrected chi connectivity index (χ2v) is 4.55. The second-order valence-electron chi connectivity index (χ2n) is 3.99. The summed E-state index contributed by atoms with van der Waals surface area (Å²) in [7, 11) is 1.67. The van der Waals surface area contributed by atoms with Gasteiger partial charge in [-0.1, -0.05) is 19.1 Å². The Labute approximate surface area is 111 Å². The minimum absolute atomic E-state index is 0.106. The van der Waals surface area contributed by atoms with Gasteiger partial charge in [-0.05, 0) is 30.7 Å². The monoisotopic (exact) mass is 263 g/mol. The molecule has 2 aromatic rings. The Hall–Kier alpha value is -1.46. The molecular formula is C13H17N3OS. The first-order chi connectivity index (χ1) is 8.85. The summed E-state index contributed by atoms with van der Waals surface area (Å²) in [6, 6.07) is 8.16. The second kappa shape index (κ2) is 6.47. The number of rotatable bonds is 6. The van der Waals surface area contributed by atoms with Gasteiger partial charge < -0.3 is 10.1 Å². The van der Waals surface area contributed by atoms with Crippen molar-refractivity contribution in [1.82, 2.24) is 14.1 Å². The molecule has 0 saturated heterocycles. The third kappa shape index (κ3) is 3.05. The summed E-state index contributed by atoms with van der Waals surface area (Å²) in [6.45, 7) is 3.10. The van der Waals surface area contributed by atoms with E-state index >= 15 is 0 Å². The highest BCUT2D eigenvalue weighted by Crippen LogP contribution is 2.23. The van der Waals surface area contributed by atoms with Gasteiger partial charge in [-0.3, -0.25) is 0 Å². The Morgan fingerprint density at radius 2 is 2.11 bits per heavy atom. The number of hydrogen-bond acceptors (Lipinski definition) is 5. The topological polar surface area (TPSA) is 47.0 Å². The van der Waals surface area contributed by atoms with E-state index in [1.165, 1.54) is 17.3 Å². The largest absolute Gasteiger partial charge is 0.497 e. The number of aromatic nitrogens is 2. The van der Waals surface area contributed by atoms with Crippen molar-refractivity contribution in [3.8, 4) is 5.75 Å². The molecule has 0 fully saturated rings. The molecule has 2 rings (SSSR count).